The quantitative estimate of drug-likeness (QED) is 0.607. The summed E-state index contributed by atoms with van der Waals surface area (Å²) in [5.41, 5.74) is 1.85. The number of carbonyl (C=O) groups is 2. The van der Waals surface area contributed by atoms with Gasteiger partial charge in [-0.2, -0.15) is 0 Å². The molecule has 0 atom stereocenters. The van der Waals surface area contributed by atoms with Crippen LogP contribution in [0.4, 0.5) is 0 Å². The summed E-state index contributed by atoms with van der Waals surface area (Å²) in [5, 5.41) is 0.572. The highest BCUT2D eigenvalue weighted by Gasteiger charge is 2.28. The van der Waals surface area contributed by atoms with E-state index in [1.165, 1.54) is 0 Å². The van der Waals surface area contributed by atoms with Crippen molar-refractivity contribution in [1.29, 1.82) is 0 Å². The normalized spacial score (nSPS) is 12.6. The van der Waals surface area contributed by atoms with Crippen molar-refractivity contribution in [3.63, 3.8) is 0 Å². The van der Waals surface area contributed by atoms with E-state index in [0.29, 0.717) is 33.4 Å². The number of ketones is 2. The van der Waals surface area contributed by atoms with Crippen LogP contribution in [0.1, 0.15) is 34.6 Å². The summed E-state index contributed by atoms with van der Waals surface area (Å²) >= 11 is 5.80. The van der Waals surface area contributed by atoms with E-state index >= 15 is 0 Å². The van der Waals surface area contributed by atoms with Crippen molar-refractivity contribution in [2.45, 2.75) is 13.8 Å². The Morgan fingerprint density at radius 3 is 2.50 bits per heavy atom. The first-order valence-electron chi connectivity index (χ1n) is 7.41. The molecule has 0 unspecified atom stereocenters. The Bertz CT molecular complexity index is 846. The van der Waals surface area contributed by atoms with Gasteiger partial charge in [0.2, 0.25) is 5.78 Å². The third-order valence-corrected chi connectivity index (χ3v) is 3.86. The summed E-state index contributed by atoms with van der Waals surface area (Å²) in [6, 6.07) is 11.5. The average Bonchev–Trinajstić information content (AvgIpc) is 2.90. The molecule has 1 aliphatic rings. The summed E-state index contributed by atoms with van der Waals surface area (Å²) < 4.78 is 11.1. The number of allylic oxidation sites excluding steroid dienone is 2. The molecule has 1 aliphatic heterocycles. The number of benzene rings is 2. The predicted octanol–water partition coefficient (Wildman–Crippen LogP) is 4.47. The zero-order valence-corrected chi connectivity index (χ0v) is 14.0. The Labute approximate surface area is 144 Å². The fourth-order valence-electron chi connectivity index (χ4n) is 2.34. The fraction of sp³-hybridized carbons (Fsp3) is 0.158. The molecule has 3 rings (SSSR count). The molecule has 0 fully saturated rings. The predicted molar refractivity (Wildman–Crippen MR) is 91.1 cm³/mol. The Morgan fingerprint density at radius 1 is 1.12 bits per heavy atom. The van der Waals surface area contributed by atoms with Crippen LogP contribution in [-0.4, -0.2) is 18.2 Å². The summed E-state index contributed by atoms with van der Waals surface area (Å²) in [6.45, 7) is 3.53. The molecule has 0 bridgehead atoms. The Kier molecular flexibility index (Phi) is 4.40. The lowest BCUT2D eigenvalue weighted by molar-refractivity contribution is 0.0921. The van der Waals surface area contributed by atoms with Gasteiger partial charge >= 0.3 is 0 Å². The highest BCUT2D eigenvalue weighted by Crippen LogP contribution is 2.35. The molecule has 1 heterocycles. The molecule has 5 heteroatoms. The number of hydrogen-bond acceptors (Lipinski definition) is 4. The van der Waals surface area contributed by atoms with Crippen LogP contribution in [0, 0.1) is 0 Å². The molecule has 0 spiro atoms. The van der Waals surface area contributed by atoms with E-state index in [1.54, 1.807) is 42.5 Å². The molecule has 2 aromatic carbocycles. The van der Waals surface area contributed by atoms with Crippen molar-refractivity contribution in [2.75, 3.05) is 6.61 Å². The number of hydrogen-bond donors (Lipinski definition) is 0. The van der Waals surface area contributed by atoms with Gasteiger partial charge < -0.3 is 9.47 Å². The van der Waals surface area contributed by atoms with Crippen molar-refractivity contribution in [2.24, 2.45) is 0 Å². The lowest BCUT2D eigenvalue weighted by Gasteiger charge is -2.07. The SMILES string of the molecule is CC(C)=C1Oc2cc(OCC(=O)c3ccc(Cl)cc3)ccc2C1=O. The summed E-state index contributed by atoms with van der Waals surface area (Å²) in [4.78, 5) is 24.2. The molecule has 2 aromatic rings. The van der Waals surface area contributed by atoms with Crippen LogP contribution in [0.15, 0.2) is 53.8 Å². The molecule has 0 aromatic heterocycles. The minimum Gasteiger partial charge on any atom is -0.485 e. The second kappa shape index (κ2) is 6.49. The van der Waals surface area contributed by atoms with Crippen molar-refractivity contribution >= 4 is 23.2 Å². The van der Waals surface area contributed by atoms with Crippen LogP contribution >= 0.6 is 11.6 Å². The van der Waals surface area contributed by atoms with Gasteiger partial charge in [-0.15, -0.1) is 0 Å². The molecular formula is C19H15ClO4. The molecule has 0 aliphatic carbocycles. The van der Waals surface area contributed by atoms with Crippen LogP contribution in [0.3, 0.4) is 0 Å². The van der Waals surface area contributed by atoms with Gasteiger partial charge in [-0.1, -0.05) is 11.6 Å². The minimum absolute atomic E-state index is 0.107. The molecule has 0 N–H and O–H groups in total. The van der Waals surface area contributed by atoms with Gasteiger partial charge in [0.15, 0.2) is 18.1 Å². The summed E-state index contributed by atoms with van der Waals surface area (Å²) in [6.07, 6.45) is 0. The van der Waals surface area contributed by atoms with Crippen LogP contribution < -0.4 is 9.47 Å². The first-order chi connectivity index (χ1) is 11.5. The highest BCUT2D eigenvalue weighted by molar-refractivity contribution is 6.30. The highest BCUT2D eigenvalue weighted by atomic mass is 35.5. The number of fused-ring (bicyclic) bond motifs is 1. The van der Waals surface area contributed by atoms with Gasteiger partial charge in [-0.3, -0.25) is 9.59 Å². The van der Waals surface area contributed by atoms with Crippen LogP contribution in [0.25, 0.3) is 0 Å². The van der Waals surface area contributed by atoms with Crippen LogP contribution in [-0.2, 0) is 0 Å². The van der Waals surface area contributed by atoms with Gasteiger partial charge in [-0.05, 0) is 55.8 Å². The van der Waals surface area contributed by atoms with Gasteiger partial charge in [-0.25, -0.2) is 0 Å². The molecule has 0 radical (unpaired) electrons. The van der Waals surface area contributed by atoms with Gasteiger partial charge in [0.05, 0.1) is 5.56 Å². The second-order valence-corrected chi connectivity index (χ2v) is 6.07. The standard InChI is InChI=1S/C19H15ClO4/c1-11(2)19-18(22)15-8-7-14(9-17(15)24-19)23-10-16(21)12-3-5-13(20)6-4-12/h3-9H,10H2,1-2H3. The third kappa shape index (κ3) is 3.19. The fourth-order valence-corrected chi connectivity index (χ4v) is 2.47. The number of Topliss-reactive ketones (excluding diaryl/α,β-unsaturated/α-hetero) is 2. The molecular weight excluding hydrogens is 328 g/mol. The van der Waals surface area contributed by atoms with E-state index in [1.807, 2.05) is 13.8 Å². The first-order valence-corrected chi connectivity index (χ1v) is 7.79. The van der Waals surface area contributed by atoms with Crippen molar-refractivity contribution in [3.8, 4) is 11.5 Å². The number of carbonyl (C=O) groups excluding carboxylic acids is 2. The van der Waals surface area contributed by atoms with E-state index in [4.69, 9.17) is 21.1 Å². The second-order valence-electron chi connectivity index (χ2n) is 5.64. The molecule has 0 amide bonds. The summed E-state index contributed by atoms with van der Waals surface area (Å²) in [5.74, 6) is 0.980. The maximum absolute atomic E-state index is 12.1. The van der Waals surface area contributed by atoms with E-state index in [0.717, 1.165) is 5.57 Å². The maximum Gasteiger partial charge on any atom is 0.231 e. The van der Waals surface area contributed by atoms with Crippen molar-refractivity contribution < 1.29 is 19.1 Å². The zero-order chi connectivity index (χ0) is 17.3. The molecule has 0 saturated heterocycles. The third-order valence-electron chi connectivity index (χ3n) is 3.61. The number of halogens is 1. The monoisotopic (exact) mass is 342 g/mol. The Balaban J connectivity index is 1.71. The van der Waals surface area contributed by atoms with E-state index in [-0.39, 0.29) is 18.2 Å². The topological polar surface area (TPSA) is 52.6 Å². The minimum atomic E-state index is -0.158. The lowest BCUT2D eigenvalue weighted by atomic mass is 10.1. The van der Waals surface area contributed by atoms with Crippen molar-refractivity contribution in [3.05, 3.63) is 69.9 Å². The van der Waals surface area contributed by atoms with Crippen molar-refractivity contribution in [1.82, 2.24) is 0 Å². The number of rotatable bonds is 4. The molecule has 122 valence electrons. The van der Waals surface area contributed by atoms with Gasteiger partial charge in [0.25, 0.3) is 0 Å². The first kappa shape index (κ1) is 16.3. The van der Waals surface area contributed by atoms with Crippen LogP contribution in [0.2, 0.25) is 5.02 Å². The zero-order valence-electron chi connectivity index (χ0n) is 13.3. The van der Waals surface area contributed by atoms with Gasteiger partial charge in [0.1, 0.15) is 11.5 Å². The lowest BCUT2D eigenvalue weighted by Crippen LogP contribution is -2.11. The summed E-state index contributed by atoms with van der Waals surface area (Å²) in [7, 11) is 0. The van der Waals surface area contributed by atoms with E-state index < -0.39 is 0 Å². The molecule has 4 nitrogen and oxygen atoms in total. The molecule has 0 saturated carbocycles. The molecule has 24 heavy (non-hydrogen) atoms. The van der Waals surface area contributed by atoms with E-state index in [9.17, 15) is 9.59 Å². The Hall–Kier alpha value is -2.59. The van der Waals surface area contributed by atoms with Gasteiger partial charge in [0, 0.05) is 16.7 Å². The largest absolute Gasteiger partial charge is 0.485 e. The average molecular weight is 343 g/mol. The van der Waals surface area contributed by atoms with E-state index in [2.05, 4.69) is 0 Å². The Morgan fingerprint density at radius 2 is 1.83 bits per heavy atom. The number of ether oxygens (including phenoxy) is 2. The van der Waals surface area contributed by atoms with Crippen LogP contribution in [0.5, 0.6) is 11.5 Å². The smallest absolute Gasteiger partial charge is 0.231 e. The maximum atomic E-state index is 12.1.